The second-order valence-electron chi connectivity index (χ2n) is 8.99. The fourth-order valence-corrected chi connectivity index (χ4v) is 4.29. The number of ether oxygens (including phenoxy) is 1. The summed E-state index contributed by atoms with van der Waals surface area (Å²) in [6.07, 6.45) is 0. The van der Waals surface area contributed by atoms with Gasteiger partial charge in [0.2, 0.25) is 10.0 Å². The van der Waals surface area contributed by atoms with Gasteiger partial charge in [-0.05, 0) is 67.4 Å². The van der Waals surface area contributed by atoms with E-state index in [-0.39, 0.29) is 35.0 Å². The lowest BCUT2D eigenvalue weighted by Gasteiger charge is -2.14. The van der Waals surface area contributed by atoms with Crippen LogP contribution in [0.2, 0.25) is 0 Å². The number of benzene rings is 4. The first-order valence-corrected chi connectivity index (χ1v) is 13.5. The van der Waals surface area contributed by atoms with E-state index < -0.39 is 32.8 Å². The van der Waals surface area contributed by atoms with E-state index >= 15 is 0 Å². The molecule has 0 atom stereocenters. The summed E-state index contributed by atoms with van der Waals surface area (Å²) < 4.78 is 61.4. The number of hydrogen-bond donors (Lipinski definition) is 3. The van der Waals surface area contributed by atoms with Gasteiger partial charge >= 0.3 is 0 Å². The van der Waals surface area contributed by atoms with E-state index in [0.717, 1.165) is 17.2 Å². The predicted molar refractivity (Wildman–Crippen MR) is 146 cm³/mol. The largest absolute Gasteiger partial charge is 0.508 e. The highest BCUT2D eigenvalue weighted by atomic mass is 32.2. The van der Waals surface area contributed by atoms with E-state index in [1.165, 1.54) is 44.2 Å². The molecule has 4 aromatic rings. The molecule has 39 heavy (non-hydrogen) atoms. The molecule has 0 saturated carbocycles. The normalized spacial score (nSPS) is 11.3. The van der Waals surface area contributed by atoms with Crippen molar-refractivity contribution < 1.29 is 31.8 Å². The van der Waals surface area contributed by atoms with Crippen LogP contribution in [-0.4, -0.2) is 24.7 Å². The van der Waals surface area contributed by atoms with Crippen molar-refractivity contribution in [3.05, 3.63) is 108 Å². The van der Waals surface area contributed by atoms with E-state index in [9.17, 15) is 27.1 Å². The lowest BCUT2D eigenvalue weighted by molar-refractivity contribution is 0.102. The molecule has 4 aromatic carbocycles. The van der Waals surface area contributed by atoms with Gasteiger partial charge in [0.15, 0.2) is 17.4 Å². The van der Waals surface area contributed by atoms with Crippen molar-refractivity contribution in [2.75, 3.05) is 10.0 Å². The van der Waals surface area contributed by atoms with Gasteiger partial charge in [-0.15, -0.1) is 0 Å². The van der Waals surface area contributed by atoms with Crippen LogP contribution in [0.25, 0.3) is 11.1 Å². The van der Waals surface area contributed by atoms with Crippen LogP contribution in [0.15, 0.2) is 84.9 Å². The second-order valence-corrected chi connectivity index (χ2v) is 11.2. The predicted octanol–water partition coefficient (Wildman–Crippen LogP) is 6.32. The van der Waals surface area contributed by atoms with E-state index in [1.807, 2.05) is 6.07 Å². The summed E-state index contributed by atoms with van der Waals surface area (Å²) in [7, 11) is -3.75. The molecule has 4 rings (SSSR count). The van der Waals surface area contributed by atoms with Crippen LogP contribution >= 0.6 is 0 Å². The van der Waals surface area contributed by atoms with Crippen LogP contribution in [0.4, 0.5) is 20.2 Å². The zero-order valence-electron chi connectivity index (χ0n) is 21.1. The lowest BCUT2D eigenvalue weighted by atomic mass is 10.0. The van der Waals surface area contributed by atoms with Gasteiger partial charge in [-0.2, -0.15) is 0 Å². The zero-order chi connectivity index (χ0) is 28.2. The summed E-state index contributed by atoms with van der Waals surface area (Å²) in [4.78, 5) is 12.8. The minimum absolute atomic E-state index is 0.0317. The third-order valence-electron chi connectivity index (χ3n) is 5.85. The highest BCUT2D eigenvalue weighted by molar-refractivity contribution is 7.93. The molecule has 3 N–H and O–H groups in total. The minimum Gasteiger partial charge on any atom is -0.508 e. The Kier molecular flexibility index (Phi) is 8.15. The fraction of sp³-hybridized carbons (Fsp3) is 0.138. The fourth-order valence-electron chi connectivity index (χ4n) is 3.59. The van der Waals surface area contributed by atoms with Crippen molar-refractivity contribution in [2.24, 2.45) is 0 Å². The molecule has 0 aliphatic carbocycles. The summed E-state index contributed by atoms with van der Waals surface area (Å²) in [5.41, 5.74) is 1.93. The summed E-state index contributed by atoms with van der Waals surface area (Å²) in [5, 5.41) is 11.4. The average Bonchev–Trinajstić information content (AvgIpc) is 2.90. The summed E-state index contributed by atoms with van der Waals surface area (Å²) >= 11 is 0. The third kappa shape index (κ3) is 6.71. The van der Waals surface area contributed by atoms with Crippen LogP contribution < -0.4 is 14.8 Å². The molecule has 202 valence electrons. The number of rotatable bonds is 9. The molecule has 0 heterocycles. The molecule has 0 fully saturated rings. The van der Waals surface area contributed by atoms with Gasteiger partial charge in [-0.1, -0.05) is 36.4 Å². The Balaban J connectivity index is 1.43. The first-order valence-electron chi connectivity index (χ1n) is 12.0. The molecule has 10 heteroatoms. The van der Waals surface area contributed by atoms with Crippen LogP contribution in [0.1, 0.15) is 29.8 Å². The van der Waals surface area contributed by atoms with E-state index in [1.54, 1.807) is 42.5 Å². The van der Waals surface area contributed by atoms with Gasteiger partial charge in [-0.25, -0.2) is 17.2 Å². The molecule has 0 aromatic heterocycles. The average molecular weight is 553 g/mol. The molecular weight excluding hydrogens is 526 g/mol. The number of hydrogen-bond acceptors (Lipinski definition) is 5. The summed E-state index contributed by atoms with van der Waals surface area (Å²) in [5.74, 6) is -2.08. The van der Waals surface area contributed by atoms with E-state index in [0.29, 0.717) is 5.56 Å². The Morgan fingerprint density at radius 1 is 0.923 bits per heavy atom. The maximum atomic E-state index is 14.8. The van der Waals surface area contributed by atoms with Gasteiger partial charge in [0, 0.05) is 22.9 Å². The molecule has 0 saturated heterocycles. The highest BCUT2D eigenvalue weighted by Crippen LogP contribution is 2.26. The maximum absolute atomic E-state index is 14.8. The molecule has 0 unspecified atom stereocenters. The molecule has 0 radical (unpaired) electrons. The number of nitrogens with one attached hydrogen (secondary N) is 2. The Morgan fingerprint density at radius 2 is 1.64 bits per heavy atom. The number of halogens is 2. The number of carbonyl (C=O) groups is 1. The molecule has 0 bridgehead atoms. The van der Waals surface area contributed by atoms with E-state index in [4.69, 9.17) is 4.74 Å². The number of carbonyl (C=O) groups excluding carboxylic acids is 1. The maximum Gasteiger partial charge on any atom is 0.255 e. The number of anilines is 2. The number of phenolic OH excluding ortho intramolecular Hbond substituents is 1. The van der Waals surface area contributed by atoms with Crippen molar-refractivity contribution in [1.82, 2.24) is 0 Å². The van der Waals surface area contributed by atoms with Crippen molar-refractivity contribution in [3.8, 4) is 22.6 Å². The summed E-state index contributed by atoms with van der Waals surface area (Å²) in [6, 6.07) is 21.4. The second kappa shape index (κ2) is 11.5. The smallest absolute Gasteiger partial charge is 0.255 e. The standard InChI is InChI=1S/C29H26F2N2O5S/c1-18(2)39(36,37)33-26-8-4-7-22(28(26)31)17-38-27-14-11-23(16-25(27)30)32-29(35)21-6-3-5-20(15-21)19-9-12-24(34)13-10-19/h3-16,18,33-34H,17H2,1-2H3,(H,32,35). The topological polar surface area (TPSA) is 105 Å². The van der Waals surface area contributed by atoms with Crippen LogP contribution in [0.3, 0.4) is 0 Å². The van der Waals surface area contributed by atoms with Crippen molar-refractivity contribution in [3.63, 3.8) is 0 Å². The number of amides is 1. The van der Waals surface area contributed by atoms with Crippen LogP contribution in [0, 0.1) is 11.6 Å². The van der Waals surface area contributed by atoms with Gasteiger partial charge in [0.05, 0.1) is 10.9 Å². The summed E-state index contributed by atoms with van der Waals surface area (Å²) in [6.45, 7) is 2.59. The third-order valence-corrected chi connectivity index (χ3v) is 7.60. The van der Waals surface area contributed by atoms with Gasteiger partial charge < -0.3 is 15.2 Å². The molecule has 0 aliphatic heterocycles. The van der Waals surface area contributed by atoms with E-state index in [2.05, 4.69) is 10.0 Å². The molecule has 1 amide bonds. The van der Waals surface area contributed by atoms with Crippen LogP contribution in [0.5, 0.6) is 11.5 Å². The Hall–Kier alpha value is -4.44. The monoisotopic (exact) mass is 552 g/mol. The van der Waals surface area contributed by atoms with Crippen LogP contribution in [-0.2, 0) is 16.6 Å². The number of sulfonamides is 1. The molecular formula is C29H26F2N2O5S. The Labute approximate surface area is 225 Å². The lowest BCUT2D eigenvalue weighted by Crippen LogP contribution is -2.23. The van der Waals surface area contributed by atoms with Crippen molar-refractivity contribution in [2.45, 2.75) is 25.7 Å². The SMILES string of the molecule is CC(C)S(=O)(=O)Nc1cccc(COc2ccc(NC(=O)c3cccc(-c4ccc(O)cc4)c3)cc2F)c1F. The first kappa shape index (κ1) is 27.6. The molecule has 0 spiro atoms. The van der Waals surface area contributed by atoms with Gasteiger partial charge in [0.1, 0.15) is 12.4 Å². The van der Waals surface area contributed by atoms with Gasteiger partial charge in [-0.3, -0.25) is 9.52 Å². The number of aromatic hydroxyl groups is 1. The zero-order valence-corrected chi connectivity index (χ0v) is 21.9. The van der Waals surface area contributed by atoms with Gasteiger partial charge in [0.25, 0.3) is 5.91 Å². The van der Waals surface area contributed by atoms with Crippen molar-refractivity contribution in [1.29, 1.82) is 0 Å². The Morgan fingerprint density at radius 3 is 2.33 bits per heavy atom. The molecule has 7 nitrogen and oxygen atoms in total. The number of phenols is 1. The van der Waals surface area contributed by atoms with Crippen molar-refractivity contribution >= 4 is 27.3 Å². The quantitative estimate of drug-likeness (QED) is 0.225. The highest BCUT2D eigenvalue weighted by Gasteiger charge is 2.19. The molecule has 0 aliphatic rings. The minimum atomic E-state index is -3.75. The first-order chi connectivity index (χ1) is 18.5. The Bertz CT molecular complexity index is 1610.